The fourth-order valence-corrected chi connectivity index (χ4v) is 4.12. The van der Waals surface area contributed by atoms with E-state index < -0.39 is 0 Å². The predicted octanol–water partition coefficient (Wildman–Crippen LogP) is 6.40. The van der Waals surface area contributed by atoms with E-state index in [4.69, 9.17) is 16.3 Å². The quantitative estimate of drug-likeness (QED) is 0.302. The van der Waals surface area contributed by atoms with Crippen LogP contribution in [0.4, 0.5) is 0 Å². The Labute approximate surface area is 184 Å². The molecule has 0 radical (unpaired) electrons. The van der Waals surface area contributed by atoms with Gasteiger partial charge in [0.05, 0.1) is 12.3 Å². The zero-order valence-electron chi connectivity index (χ0n) is 17.9. The average Bonchev–Trinajstić information content (AvgIpc) is 2.77. The van der Waals surface area contributed by atoms with Crippen LogP contribution in [0.15, 0.2) is 47.6 Å². The molecule has 1 fully saturated rings. The molecular formula is C25H31ClN2O2. The number of aryl methyl sites for hydroxylation is 1. The Bertz CT molecular complexity index is 871. The number of hydrogen-bond donors (Lipinski definition) is 1. The first-order chi connectivity index (χ1) is 14.5. The Hall–Kier alpha value is -2.33. The van der Waals surface area contributed by atoms with E-state index in [-0.39, 0.29) is 5.91 Å². The van der Waals surface area contributed by atoms with Crippen molar-refractivity contribution in [2.24, 2.45) is 5.10 Å². The van der Waals surface area contributed by atoms with Crippen LogP contribution in [0.25, 0.3) is 0 Å². The fraction of sp³-hybridized carbons (Fsp3) is 0.440. The number of benzene rings is 2. The third kappa shape index (κ3) is 6.60. The van der Waals surface area contributed by atoms with Crippen LogP contribution in [0.5, 0.6) is 5.75 Å². The molecule has 0 atom stereocenters. The van der Waals surface area contributed by atoms with Crippen LogP contribution in [0.3, 0.4) is 0 Å². The molecule has 160 valence electrons. The van der Waals surface area contributed by atoms with Crippen molar-refractivity contribution in [1.29, 1.82) is 0 Å². The van der Waals surface area contributed by atoms with E-state index in [0.717, 1.165) is 22.6 Å². The van der Waals surface area contributed by atoms with E-state index in [1.54, 1.807) is 6.07 Å². The largest absolute Gasteiger partial charge is 0.493 e. The molecule has 2 aromatic carbocycles. The van der Waals surface area contributed by atoms with Crippen LogP contribution >= 0.6 is 11.6 Å². The molecule has 0 heterocycles. The number of ether oxygens (including phenoxy) is 1. The molecule has 2 aromatic rings. The summed E-state index contributed by atoms with van der Waals surface area (Å²) in [5.74, 6) is 1.39. The number of hydrogen-bond acceptors (Lipinski definition) is 3. The molecule has 30 heavy (non-hydrogen) atoms. The van der Waals surface area contributed by atoms with E-state index >= 15 is 0 Å². The Balaban J connectivity index is 1.41. The first-order valence-electron chi connectivity index (χ1n) is 10.9. The third-order valence-corrected chi connectivity index (χ3v) is 5.93. The van der Waals surface area contributed by atoms with Gasteiger partial charge in [-0.1, -0.05) is 55.1 Å². The zero-order chi connectivity index (χ0) is 21.3. The van der Waals surface area contributed by atoms with E-state index in [1.807, 2.05) is 26.0 Å². The predicted molar refractivity (Wildman–Crippen MR) is 124 cm³/mol. The monoisotopic (exact) mass is 426 g/mol. The summed E-state index contributed by atoms with van der Waals surface area (Å²) in [6.45, 7) is 4.34. The van der Waals surface area contributed by atoms with Crippen molar-refractivity contribution in [2.75, 3.05) is 6.61 Å². The minimum Gasteiger partial charge on any atom is -0.493 e. The second-order valence-electron chi connectivity index (χ2n) is 8.05. The molecule has 0 saturated heterocycles. The minimum absolute atomic E-state index is 0.107. The summed E-state index contributed by atoms with van der Waals surface area (Å²) >= 11 is 5.95. The smallest absolute Gasteiger partial charge is 0.240 e. The zero-order valence-corrected chi connectivity index (χ0v) is 18.7. The van der Waals surface area contributed by atoms with Gasteiger partial charge in [-0.15, -0.1) is 0 Å². The van der Waals surface area contributed by atoms with Gasteiger partial charge in [0, 0.05) is 11.4 Å². The van der Waals surface area contributed by atoms with Crippen molar-refractivity contribution >= 4 is 23.2 Å². The van der Waals surface area contributed by atoms with Crippen molar-refractivity contribution in [3.8, 4) is 5.75 Å². The van der Waals surface area contributed by atoms with Crippen LogP contribution in [-0.4, -0.2) is 18.2 Å². The van der Waals surface area contributed by atoms with Crippen LogP contribution < -0.4 is 10.2 Å². The molecule has 1 aliphatic rings. The summed E-state index contributed by atoms with van der Waals surface area (Å²) in [7, 11) is 0. The van der Waals surface area contributed by atoms with Crippen molar-refractivity contribution in [1.82, 2.24) is 5.43 Å². The van der Waals surface area contributed by atoms with Gasteiger partial charge >= 0.3 is 0 Å². The molecule has 1 N–H and O–H groups in total. The molecule has 0 aromatic heterocycles. The van der Waals surface area contributed by atoms with E-state index in [9.17, 15) is 4.79 Å². The van der Waals surface area contributed by atoms with Gasteiger partial charge in [0.15, 0.2) is 0 Å². The molecule has 0 aliphatic heterocycles. The van der Waals surface area contributed by atoms with Gasteiger partial charge in [0.1, 0.15) is 5.75 Å². The van der Waals surface area contributed by atoms with Crippen molar-refractivity contribution in [3.63, 3.8) is 0 Å². The molecule has 1 saturated carbocycles. The highest BCUT2D eigenvalue weighted by molar-refractivity contribution is 6.30. The van der Waals surface area contributed by atoms with E-state index in [0.29, 0.717) is 30.4 Å². The number of hydrazone groups is 1. The third-order valence-electron chi connectivity index (χ3n) is 5.70. The lowest BCUT2D eigenvalue weighted by Gasteiger charge is -2.22. The first kappa shape index (κ1) is 22.4. The van der Waals surface area contributed by atoms with Gasteiger partial charge in [0.2, 0.25) is 5.91 Å². The molecule has 0 spiro atoms. The summed E-state index contributed by atoms with van der Waals surface area (Å²) in [5, 5.41) is 4.95. The van der Waals surface area contributed by atoms with E-state index in [2.05, 4.69) is 34.8 Å². The van der Waals surface area contributed by atoms with Gasteiger partial charge in [-0.25, -0.2) is 5.43 Å². The molecule has 0 unspecified atom stereocenters. The summed E-state index contributed by atoms with van der Waals surface area (Å²) in [6, 6.07) is 14.2. The second-order valence-corrected chi connectivity index (χ2v) is 8.49. The van der Waals surface area contributed by atoms with Gasteiger partial charge in [-0.05, 0) is 73.9 Å². The van der Waals surface area contributed by atoms with Gasteiger partial charge < -0.3 is 4.74 Å². The molecule has 0 bridgehead atoms. The van der Waals surface area contributed by atoms with Crippen LogP contribution in [0, 0.1) is 6.92 Å². The molecule has 3 rings (SSSR count). The minimum atomic E-state index is -0.107. The Morgan fingerprint density at radius 3 is 2.57 bits per heavy atom. The van der Waals surface area contributed by atoms with Crippen molar-refractivity contribution < 1.29 is 9.53 Å². The average molecular weight is 427 g/mol. The summed E-state index contributed by atoms with van der Waals surface area (Å²) in [5.41, 5.74) is 6.91. The molecule has 1 amide bonds. The van der Waals surface area contributed by atoms with Crippen LogP contribution in [0.1, 0.15) is 74.5 Å². The van der Waals surface area contributed by atoms with Crippen molar-refractivity contribution in [3.05, 3.63) is 64.2 Å². The Kier molecular flexibility index (Phi) is 8.32. The Morgan fingerprint density at radius 1 is 1.13 bits per heavy atom. The van der Waals surface area contributed by atoms with E-state index in [1.165, 1.54) is 37.7 Å². The molecular weight excluding hydrogens is 396 g/mol. The van der Waals surface area contributed by atoms with Gasteiger partial charge in [-0.2, -0.15) is 5.10 Å². The standard InChI is InChI=1S/C25H31ClN2O2/c1-18-17-23(26)14-15-24(18)30-16-6-9-25(29)28-27-19(2)20-10-12-22(13-11-20)21-7-4-3-5-8-21/h10-15,17,21H,3-9,16H2,1-2H3,(H,28,29)/b27-19+. The maximum Gasteiger partial charge on any atom is 0.240 e. The first-order valence-corrected chi connectivity index (χ1v) is 11.2. The summed E-state index contributed by atoms with van der Waals surface area (Å²) in [6.07, 6.45) is 7.62. The fourth-order valence-electron chi connectivity index (χ4n) is 3.89. The number of halogens is 1. The number of carbonyl (C=O) groups excluding carboxylic acids is 1. The maximum absolute atomic E-state index is 12.1. The highest BCUT2D eigenvalue weighted by Crippen LogP contribution is 2.32. The summed E-state index contributed by atoms with van der Waals surface area (Å²) in [4.78, 5) is 12.1. The highest BCUT2D eigenvalue weighted by atomic mass is 35.5. The molecule has 1 aliphatic carbocycles. The highest BCUT2D eigenvalue weighted by Gasteiger charge is 2.15. The van der Waals surface area contributed by atoms with Crippen LogP contribution in [-0.2, 0) is 4.79 Å². The topological polar surface area (TPSA) is 50.7 Å². The maximum atomic E-state index is 12.1. The second kappa shape index (κ2) is 11.2. The lowest BCUT2D eigenvalue weighted by molar-refractivity contribution is -0.121. The molecule has 4 nitrogen and oxygen atoms in total. The normalized spacial score (nSPS) is 15.1. The van der Waals surface area contributed by atoms with Crippen molar-refractivity contribution in [2.45, 2.75) is 64.7 Å². The number of rotatable bonds is 8. The van der Waals surface area contributed by atoms with Crippen LogP contribution in [0.2, 0.25) is 5.02 Å². The number of amides is 1. The number of nitrogens with one attached hydrogen (secondary N) is 1. The number of nitrogens with zero attached hydrogens (tertiary/aromatic N) is 1. The lowest BCUT2D eigenvalue weighted by atomic mass is 9.84. The van der Waals surface area contributed by atoms with Gasteiger partial charge in [-0.3, -0.25) is 4.79 Å². The number of carbonyl (C=O) groups is 1. The lowest BCUT2D eigenvalue weighted by Crippen LogP contribution is -2.19. The molecule has 5 heteroatoms. The van der Waals surface area contributed by atoms with Gasteiger partial charge in [0.25, 0.3) is 0 Å². The summed E-state index contributed by atoms with van der Waals surface area (Å²) < 4.78 is 5.72. The Morgan fingerprint density at radius 2 is 1.87 bits per heavy atom. The SMILES string of the molecule is C/C(=N\NC(=O)CCCOc1ccc(Cl)cc1C)c1ccc(C2CCCCC2)cc1.